The van der Waals surface area contributed by atoms with Crippen LogP contribution in [0.3, 0.4) is 0 Å². The minimum absolute atomic E-state index is 0.0687. The van der Waals surface area contributed by atoms with E-state index in [4.69, 9.17) is 4.74 Å². The van der Waals surface area contributed by atoms with Gasteiger partial charge in [-0.3, -0.25) is 19.7 Å². The topological polar surface area (TPSA) is 136 Å². The summed E-state index contributed by atoms with van der Waals surface area (Å²) >= 11 is 0. The summed E-state index contributed by atoms with van der Waals surface area (Å²) in [6.07, 6.45) is -0.397. The number of hydrogen-bond acceptors (Lipinski definition) is 6. The van der Waals surface area contributed by atoms with Gasteiger partial charge >= 0.3 is 11.9 Å². The number of esters is 1. The molecule has 0 aromatic heterocycles. The van der Waals surface area contributed by atoms with Crippen molar-refractivity contribution in [3.05, 3.63) is 75.6 Å². The van der Waals surface area contributed by atoms with Crippen molar-refractivity contribution >= 4 is 23.5 Å². The Morgan fingerprint density at radius 1 is 1.20 bits per heavy atom. The Kier molecular flexibility index (Phi) is 7.56. The van der Waals surface area contributed by atoms with Crippen LogP contribution in [-0.4, -0.2) is 40.5 Å². The molecule has 0 bridgehead atoms. The summed E-state index contributed by atoms with van der Waals surface area (Å²) in [7, 11) is 0. The lowest BCUT2D eigenvalue weighted by Crippen LogP contribution is -2.45. The van der Waals surface area contributed by atoms with Gasteiger partial charge in [-0.05, 0) is 30.7 Å². The number of nitrogens with zero attached hydrogens (tertiary/aromatic N) is 1. The number of nitro groups is 1. The Labute approximate surface area is 170 Å². The molecule has 0 unspecified atom stereocenters. The molecule has 2 rings (SSSR count). The Hall–Kier alpha value is -3.82. The van der Waals surface area contributed by atoms with Gasteiger partial charge in [0.15, 0.2) is 0 Å². The summed E-state index contributed by atoms with van der Waals surface area (Å²) in [5.74, 6) is -4.75. The zero-order valence-corrected chi connectivity index (χ0v) is 15.9. The molecule has 0 aliphatic rings. The minimum atomic E-state index is -1.58. The monoisotopic (exact) mass is 418 g/mol. The number of carbonyl (C=O) groups excluding carboxylic acids is 2. The van der Waals surface area contributed by atoms with Crippen LogP contribution in [0, 0.1) is 15.9 Å². The summed E-state index contributed by atoms with van der Waals surface area (Å²) in [4.78, 5) is 46.7. The van der Waals surface area contributed by atoms with Crippen LogP contribution in [0.1, 0.15) is 35.2 Å². The Bertz CT molecular complexity index is 946. The zero-order valence-electron chi connectivity index (χ0n) is 15.9. The van der Waals surface area contributed by atoms with Crippen LogP contribution in [-0.2, 0) is 14.3 Å². The Morgan fingerprint density at radius 2 is 1.87 bits per heavy atom. The van der Waals surface area contributed by atoms with E-state index in [9.17, 15) is 34.0 Å². The molecule has 0 spiro atoms. The van der Waals surface area contributed by atoms with Gasteiger partial charge in [-0.1, -0.05) is 18.2 Å². The van der Waals surface area contributed by atoms with E-state index in [2.05, 4.69) is 5.32 Å². The van der Waals surface area contributed by atoms with Crippen LogP contribution >= 0.6 is 0 Å². The summed E-state index contributed by atoms with van der Waals surface area (Å²) in [6.45, 7) is 1.65. The van der Waals surface area contributed by atoms with E-state index in [0.717, 1.165) is 12.1 Å². The first-order chi connectivity index (χ1) is 14.2. The quantitative estimate of drug-likeness (QED) is 0.363. The van der Waals surface area contributed by atoms with Gasteiger partial charge in [0.1, 0.15) is 11.9 Å². The van der Waals surface area contributed by atoms with Crippen molar-refractivity contribution in [3.63, 3.8) is 0 Å². The average Bonchev–Trinajstić information content (AvgIpc) is 2.70. The fourth-order valence-electron chi connectivity index (χ4n) is 2.86. The normalized spacial score (nSPS) is 12.5. The number of nitrogens with one attached hydrogen (secondary N) is 1. The highest BCUT2D eigenvalue weighted by molar-refractivity contribution is 5.97. The molecule has 10 heteroatoms. The third-order valence-electron chi connectivity index (χ3n) is 4.27. The van der Waals surface area contributed by atoms with Crippen LogP contribution in [0.15, 0.2) is 48.5 Å². The summed E-state index contributed by atoms with van der Waals surface area (Å²) in [6, 6.07) is 8.06. The maximum absolute atomic E-state index is 13.4. The number of amides is 1. The number of hydrogen-bond donors (Lipinski definition) is 2. The molecule has 0 radical (unpaired) electrons. The number of halogens is 1. The van der Waals surface area contributed by atoms with Crippen LogP contribution in [0.2, 0.25) is 0 Å². The first-order valence-corrected chi connectivity index (χ1v) is 8.92. The number of benzene rings is 2. The first-order valence-electron chi connectivity index (χ1n) is 8.92. The van der Waals surface area contributed by atoms with E-state index < -0.39 is 47.0 Å². The average molecular weight is 418 g/mol. The molecule has 0 saturated heterocycles. The predicted octanol–water partition coefficient (Wildman–Crippen LogP) is 2.65. The third-order valence-corrected chi connectivity index (χ3v) is 4.27. The summed E-state index contributed by atoms with van der Waals surface area (Å²) < 4.78 is 18.3. The van der Waals surface area contributed by atoms with E-state index in [-0.39, 0.29) is 23.4 Å². The number of carbonyl (C=O) groups is 3. The van der Waals surface area contributed by atoms with Crippen molar-refractivity contribution in [1.82, 2.24) is 5.32 Å². The molecular formula is C20H19FN2O7. The zero-order chi connectivity index (χ0) is 22.3. The maximum Gasteiger partial charge on any atom is 0.326 e. The number of nitro benzene ring substituents is 1. The number of non-ortho nitro benzene ring substituents is 1. The van der Waals surface area contributed by atoms with Crippen molar-refractivity contribution in [2.45, 2.75) is 25.3 Å². The molecule has 2 aromatic carbocycles. The van der Waals surface area contributed by atoms with E-state index in [1.165, 1.54) is 36.4 Å². The minimum Gasteiger partial charge on any atom is -0.480 e. The van der Waals surface area contributed by atoms with Gasteiger partial charge < -0.3 is 15.2 Å². The second kappa shape index (κ2) is 10.1. The highest BCUT2D eigenvalue weighted by Crippen LogP contribution is 2.27. The number of aliphatic carboxylic acids is 1. The molecule has 0 heterocycles. The van der Waals surface area contributed by atoms with Crippen molar-refractivity contribution in [3.8, 4) is 0 Å². The van der Waals surface area contributed by atoms with E-state index >= 15 is 0 Å². The lowest BCUT2D eigenvalue weighted by molar-refractivity contribution is -0.384. The SMILES string of the molecule is CCOC(=O)C[C@H](c1ccc([N+](=O)[O-])cc1)[C@@H](NC(=O)c1cccc(F)c1)C(=O)O. The third kappa shape index (κ3) is 5.84. The highest BCUT2D eigenvalue weighted by Gasteiger charge is 2.33. The highest BCUT2D eigenvalue weighted by atomic mass is 19.1. The lowest BCUT2D eigenvalue weighted by atomic mass is 9.88. The molecule has 0 saturated carbocycles. The molecule has 1 amide bonds. The number of ether oxygens (including phenoxy) is 1. The fourth-order valence-corrected chi connectivity index (χ4v) is 2.86. The molecule has 2 N–H and O–H groups in total. The van der Waals surface area contributed by atoms with Crippen molar-refractivity contribution in [2.24, 2.45) is 0 Å². The van der Waals surface area contributed by atoms with Crippen LogP contribution in [0.5, 0.6) is 0 Å². The van der Waals surface area contributed by atoms with Gasteiger partial charge in [0.2, 0.25) is 0 Å². The number of carboxylic acid groups (broad SMARTS) is 1. The van der Waals surface area contributed by atoms with Gasteiger partial charge in [0, 0.05) is 23.6 Å². The Morgan fingerprint density at radius 3 is 2.40 bits per heavy atom. The molecule has 2 aromatic rings. The molecule has 2 atom stereocenters. The molecule has 9 nitrogen and oxygen atoms in total. The van der Waals surface area contributed by atoms with Crippen molar-refractivity contribution < 1.29 is 33.5 Å². The largest absolute Gasteiger partial charge is 0.480 e. The van der Waals surface area contributed by atoms with E-state index in [1.54, 1.807) is 6.92 Å². The molecule has 0 aliphatic carbocycles. The van der Waals surface area contributed by atoms with Crippen LogP contribution < -0.4 is 5.32 Å². The first kappa shape index (κ1) is 22.5. The van der Waals surface area contributed by atoms with Crippen LogP contribution in [0.25, 0.3) is 0 Å². The summed E-state index contributed by atoms with van der Waals surface area (Å²) in [5, 5.41) is 22.9. The number of rotatable bonds is 9. The number of carboxylic acids is 1. The fraction of sp³-hybridized carbons (Fsp3) is 0.250. The van der Waals surface area contributed by atoms with Gasteiger partial charge in [-0.25, -0.2) is 9.18 Å². The van der Waals surface area contributed by atoms with E-state index in [0.29, 0.717) is 0 Å². The molecule has 0 fully saturated rings. The second-order valence-electron chi connectivity index (χ2n) is 6.26. The van der Waals surface area contributed by atoms with Gasteiger partial charge in [0.25, 0.3) is 11.6 Å². The Balaban J connectivity index is 2.38. The molecule has 158 valence electrons. The van der Waals surface area contributed by atoms with Crippen molar-refractivity contribution in [1.29, 1.82) is 0 Å². The maximum atomic E-state index is 13.4. The van der Waals surface area contributed by atoms with Crippen LogP contribution in [0.4, 0.5) is 10.1 Å². The smallest absolute Gasteiger partial charge is 0.326 e. The molecule has 30 heavy (non-hydrogen) atoms. The predicted molar refractivity (Wildman–Crippen MR) is 102 cm³/mol. The lowest BCUT2D eigenvalue weighted by Gasteiger charge is -2.25. The summed E-state index contributed by atoms with van der Waals surface area (Å²) in [5.41, 5.74) is -0.0373. The molecule has 0 aliphatic heterocycles. The standard InChI is InChI=1S/C20H19FN2O7/c1-2-30-17(24)11-16(12-6-8-15(9-7-12)23(28)29)18(20(26)27)22-19(25)13-4-3-5-14(21)10-13/h3-10,16,18H,2,11H2,1H3,(H,22,25)(H,26,27)/t16-,18-/m1/s1. The molecular weight excluding hydrogens is 399 g/mol. The van der Waals surface area contributed by atoms with Gasteiger partial charge in [-0.2, -0.15) is 0 Å². The van der Waals surface area contributed by atoms with Gasteiger partial charge in [0.05, 0.1) is 18.0 Å². The van der Waals surface area contributed by atoms with Gasteiger partial charge in [-0.15, -0.1) is 0 Å². The van der Waals surface area contributed by atoms with Crippen molar-refractivity contribution in [2.75, 3.05) is 6.61 Å². The van der Waals surface area contributed by atoms with E-state index in [1.807, 2.05) is 0 Å². The second-order valence-corrected chi connectivity index (χ2v) is 6.26.